The number of benzene rings is 15. The highest BCUT2D eigenvalue weighted by atomic mass is 16.3. The van der Waals surface area contributed by atoms with Gasteiger partial charge >= 0.3 is 0 Å². The van der Waals surface area contributed by atoms with Crippen LogP contribution in [0.25, 0.3) is 11.1 Å². The monoisotopic (exact) mass is 1840 g/mol. The molecule has 0 unspecified atom stereocenters. The van der Waals surface area contributed by atoms with Gasteiger partial charge in [-0.05, 0) is 356 Å². The Morgan fingerprint density at radius 1 is 0.204 bits per heavy atom. The van der Waals surface area contributed by atoms with Gasteiger partial charge < -0.3 is 61.3 Å². The van der Waals surface area contributed by atoms with Gasteiger partial charge in [-0.25, -0.2) is 0 Å². The summed E-state index contributed by atoms with van der Waals surface area (Å²) in [6.07, 6.45) is 1.57. The van der Waals surface area contributed by atoms with Gasteiger partial charge in [0.05, 0.1) is 5.41 Å². The maximum absolute atomic E-state index is 11.9. The van der Waals surface area contributed by atoms with Crippen LogP contribution in [0, 0.1) is 55.4 Å². The fourth-order valence-corrected chi connectivity index (χ4v) is 17.5. The molecule has 0 aliphatic rings. The molecular formula is C124H138O13. The molecular weight excluding hydrogens is 1700 g/mol. The lowest BCUT2D eigenvalue weighted by atomic mass is 9.65. The van der Waals surface area contributed by atoms with E-state index in [0.29, 0.717) is 45.6 Å². The van der Waals surface area contributed by atoms with Crippen LogP contribution in [0.2, 0.25) is 0 Å². The summed E-state index contributed by atoms with van der Waals surface area (Å²) >= 11 is 0. The molecule has 0 spiro atoms. The van der Waals surface area contributed by atoms with Crippen molar-refractivity contribution in [1.82, 2.24) is 0 Å². The lowest BCUT2D eigenvalue weighted by Gasteiger charge is -2.36. The number of aryl methyl sites for hydroxylation is 8. The molecule has 0 amide bonds. The number of aromatic hydroxyl groups is 12. The number of hydrogen-bond acceptors (Lipinski definition) is 13. The number of phenolic OH excluding ortho intramolecular Hbond substituents is 12. The van der Waals surface area contributed by atoms with Gasteiger partial charge in [-0.15, -0.1) is 0 Å². The fourth-order valence-electron chi connectivity index (χ4n) is 17.5. The average molecular weight is 1840 g/mol. The van der Waals surface area contributed by atoms with E-state index in [0.717, 1.165) is 113 Å². The molecule has 0 bridgehead atoms. The normalized spacial score (nSPS) is 11.6. The van der Waals surface area contributed by atoms with E-state index in [1.165, 1.54) is 68.8 Å². The third kappa shape index (κ3) is 25.8. The molecule has 712 valence electrons. The van der Waals surface area contributed by atoms with Gasteiger partial charge in [-0.2, -0.15) is 0 Å². The summed E-state index contributed by atoms with van der Waals surface area (Å²) < 4.78 is 0. The molecule has 0 aromatic heterocycles. The Morgan fingerprint density at radius 3 is 0.591 bits per heavy atom. The van der Waals surface area contributed by atoms with Crippen LogP contribution in [0.3, 0.4) is 0 Å². The molecule has 15 aromatic carbocycles. The van der Waals surface area contributed by atoms with Crippen molar-refractivity contribution in [2.75, 3.05) is 0 Å². The summed E-state index contributed by atoms with van der Waals surface area (Å²) in [4.78, 5) is 11.9. The highest BCUT2D eigenvalue weighted by Gasteiger charge is 2.39. The van der Waals surface area contributed by atoms with E-state index in [2.05, 4.69) is 184 Å². The Kier molecular flexibility index (Phi) is 32.9. The van der Waals surface area contributed by atoms with Crippen molar-refractivity contribution in [3.8, 4) is 80.1 Å². The minimum absolute atomic E-state index is 0.127. The molecule has 0 radical (unpaired) electrons. The van der Waals surface area contributed by atoms with Crippen LogP contribution in [0.5, 0.6) is 69.0 Å². The Balaban J connectivity index is 0.000000172. The highest BCUT2D eigenvalue weighted by molar-refractivity contribution is 6.09. The zero-order valence-electron chi connectivity index (χ0n) is 84.1. The summed E-state index contributed by atoms with van der Waals surface area (Å²) in [7, 11) is 0. The zero-order valence-corrected chi connectivity index (χ0v) is 84.1. The fraction of sp³-hybridized carbons (Fsp3) is 0.266. The summed E-state index contributed by atoms with van der Waals surface area (Å²) in [6.45, 7) is 49.8. The predicted octanol–water partition coefficient (Wildman–Crippen LogP) is 29.4. The quantitative estimate of drug-likeness (QED) is 0.0337. The molecule has 0 heterocycles. The van der Waals surface area contributed by atoms with Crippen molar-refractivity contribution in [3.63, 3.8) is 0 Å². The Morgan fingerprint density at radius 2 is 0.380 bits per heavy atom. The van der Waals surface area contributed by atoms with E-state index in [-0.39, 0.29) is 72.8 Å². The third-order valence-corrected chi connectivity index (χ3v) is 25.6. The van der Waals surface area contributed by atoms with Gasteiger partial charge in [0, 0.05) is 22.0 Å². The molecule has 0 fully saturated rings. The van der Waals surface area contributed by atoms with Gasteiger partial charge in [0.2, 0.25) is 0 Å². The van der Waals surface area contributed by atoms with Crippen LogP contribution in [0.4, 0.5) is 0 Å². The van der Waals surface area contributed by atoms with Crippen molar-refractivity contribution in [2.45, 2.75) is 217 Å². The van der Waals surface area contributed by atoms with Crippen molar-refractivity contribution in [3.05, 3.63) is 448 Å². The number of hydrogen-bond donors (Lipinski definition) is 12. The van der Waals surface area contributed by atoms with E-state index >= 15 is 0 Å². The summed E-state index contributed by atoms with van der Waals surface area (Å²) in [5.74, 6) is 3.45. The zero-order chi connectivity index (χ0) is 101. The number of carbonyl (C=O) groups excluding carboxylic acids is 1. The lowest BCUT2D eigenvalue weighted by molar-refractivity contribution is 0.103. The Hall–Kier alpha value is -14.4. The maximum atomic E-state index is 11.9. The maximum Gasteiger partial charge on any atom is 0.193 e. The molecule has 12 N–H and O–H groups in total. The second kappa shape index (κ2) is 43.1. The second-order valence-corrected chi connectivity index (χ2v) is 41.4. The largest absolute Gasteiger partial charge is 0.508 e. The molecule has 0 saturated carbocycles. The first-order valence-corrected chi connectivity index (χ1v) is 46.6. The van der Waals surface area contributed by atoms with E-state index in [4.69, 9.17) is 10.2 Å². The Bertz CT molecular complexity index is 6080. The second-order valence-electron chi connectivity index (χ2n) is 41.4. The van der Waals surface area contributed by atoms with Crippen LogP contribution >= 0.6 is 0 Å². The molecule has 13 nitrogen and oxygen atoms in total. The van der Waals surface area contributed by atoms with Gasteiger partial charge in [0.15, 0.2) is 5.78 Å². The molecule has 0 aliphatic carbocycles. The molecule has 15 rings (SSSR count). The van der Waals surface area contributed by atoms with Gasteiger partial charge in [0.1, 0.15) is 69.0 Å². The van der Waals surface area contributed by atoms with E-state index in [1.54, 1.807) is 72.8 Å². The first-order valence-electron chi connectivity index (χ1n) is 46.6. The van der Waals surface area contributed by atoms with Crippen molar-refractivity contribution >= 4 is 5.78 Å². The molecule has 0 saturated heterocycles. The first-order chi connectivity index (χ1) is 64.1. The third-order valence-electron chi connectivity index (χ3n) is 25.6. The SMILES string of the molecule is CC(C)(C)c1cc(Cc2cc(C(C)(C)C)c(O)c(C(C)(C)C)c2)cc(C(C)(C)C)c1O.CC(C)(c1ccc(O)cc1)c1ccc(C(C)(C)c2ccc(O)cc2)cc1.Cc1cc(-c2cc(C)c(O)c(C)c2)cc(C)c1O.Cc1cc(Cc2cc(C)c(O)c(C)c2)cc(C)c1O.O=C(c1ccc(O)cc1)c1ccc(O)cc1.Oc1ccc(C(c2ccccc2)(c2ccccc2)c2ccc(O)cc2)cc1. The molecule has 13 heteroatoms. The number of carbonyl (C=O) groups is 1. The number of rotatable bonds is 15. The minimum atomic E-state index is -0.566. The van der Waals surface area contributed by atoms with Gasteiger partial charge in [-0.1, -0.05) is 293 Å². The van der Waals surface area contributed by atoms with Crippen LogP contribution in [0.15, 0.2) is 303 Å². The van der Waals surface area contributed by atoms with Crippen molar-refractivity contribution in [2.24, 2.45) is 0 Å². The predicted molar refractivity (Wildman–Crippen MR) is 561 cm³/mol. The van der Waals surface area contributed by atoms with E-state index < -0.39 is 5.41 Å². The number of phenols is 12. The van der Waals surface area contributed by atoms with Crippen molar-refractivity contribution in [1.29, 1.82) is 0 Å². The van der Waals surface area contributed by atoms with Gasteiger partial charge in [0.25, 0.3) is 0 Å². The molecule has 0 atom stereocenters. The van der Waals surface area contributed by atoms with Gasteiger partial charge in [-0.3, -0.25) is 4.79 Å². The van der Waals surface area contributed by atoms with E-state index in [1.807, 2.05) is 189 Å². The van der Waals surface area contributed by atoms with Crippen molar-refractivity contribution < 1.29 is 66.1 Å². The summed E-state index contributed by atoms with van der Waals surface area (Å²) in [6, 6.07) is 95.6. The topological polar surface area (TPSA) is 260 Å². The van der Waals surface area contributed by atoms with Crippen LogP contribution in [-0.2, 0) is 50.7 Å². The molecule has 0 aliphatic heterocycles. The highest BCUT2D eigenvalue weighted by Crippen LogP contribution is 2.48. The Labute approximate surface area is 811 Å². The standard InChI is InChI=1S/C29H44O2.C25H20O2.C24H26O2.C17H20O2.C16H18O2.C13H10O3/c1-26(2,3)20-14-18(15-21(24(20)30)27(4,5)6)13-19-16-22(28(7,8)9)25(31)23(17-19)29(10,11)12;26-23-15-11-21(12-16-23)25(19-7-3-1-4-8-19,20-9-5-2-6-10-20)22-13-17-24(27)18-14-22;1-23(2,19-9-13-21(25)14-10-19)17-5-7-18(8-6-17)24(3,4)20-11-15-22(26)16-12-20;1-10-5-14(6-11(2)16(10)18)9-15-7-12(3)17(19)13(4)8-15;1-9-5-13(6-10(2)15(9)17)14-7-11(3)16(18)12(4)8-14;14-11-5-1-9(2-6-11)13(16)10-3-7-12(15)8-4-10/h14-17,30-31H,13H2,1-12H3;1-18,26-27H;5-16,25-26H,1-4H3;5-8,18-19H,9H2,1-4H3;5-8,17-18H,1-4H3;1-8,14-15H. The molecule has 15 aromatic rings. The molecule has 137 heavy (non-hydrogen) atoms. The lowest BCUT2D eigenvalue weighted by Crippen LogP contribution is -2.30. The van der Waals surface area contributed by atoms with Crippen LogP contribution in [0.1, 0.15) is 260 Å². The van der Waals surface area contributed by atoms with Crippen LogP contribution in [-0.4, -0.2) is 67.1 Å². The van der Waals surface area contributed by atoms with Crippen LogP contribution < -0.4 is 0 Å². The number of ketones is 1. The first kappa shape index (κ1) is 105. The smallest absolute Gasteiger partial charge is 0.193 e. The summed E-state index contributed by atoms with van der Waals surface area (Å²) in [5.41, 5.74) is 26.6. The summed E-state index contributed by atoms with van der Waals surface area (Å²) in [5, 5.41) is 118. The minimum Gasteiger partial charge on any atom is -0.508 e. The van der Waals surface area contributed by atoms with E-state index in [9.17, 15) is 55.9 Å². The average Bonchev–Trinajstić information content (AvgIpc) is 0.729.